The number of nitrogens with zero attached hydrogens (tertiary/aromatic N) is 1. The molecule has 80 valence electrons. The predicted molar refractivity (Wildman–Crippen MR) is 59.7 cm³/mol. The molecular formula is C12H16N2O. The van der Waals surface area contributed by atoms with E-state index in [9.17, 15) is 0 Å². The first-order chi connectivity index (χ1) is 7.02. The Bertz CT molecular complexity index is 419. The van der Waals surface area contributed by atoms with E-state index >= 15 is 0 Å². The van der Waals surface area contributed by atoms with Gasteiger partial charge in [0.2, 0.25) is 0 Å². The lowest BCUT2D eigenvalue weighted by molar-refractivity contribution is 0.408. The molecule has 0 radical (unpaired) electrons. The van der Waals surface area contributed by atoms with Crippen LogP contribution < -0.4 is 10.5 Å². The van der Waals surface area contributed by atoms with Gasteiger partial charge in [-0.1, -0.05) is 0 Å². The summed E-state index contributed by atoms with van der Waals surface area (Å²) in [5, 5.41) is 8.81. The Morgan fingerprint density at radius 2 is 1.93 bits per heavy atom. The molecule has 0 bridgehead atoms. The van der Waals surface area contributed by atoms with Crippen LogP contribution >= 0.6 is 0 Å². The number of ether oxygens (including phenoxy) is 1. The average Bonchev–Trinajstić information content (AvgIpc) is 2.23. The monoisotopic (exact) mass is 204 g/mol. The normalized spacial score (nSPS) is 12.0. The second-order valence-electron chi connectivity index (χ2n) is 3.67. The van der Waals surface area contributed by atoms with Crippen molar-refractivity contribution in [1.82, 2.24) is 0 Å². The van der Waals surface area contributed by atoms with Crippen molar-refractivity contribution in [2.45, 2.75) is 26.8 Å². The highest BCUT2D eigenvalue weighted by atomic mass is 16.5. The largest absolute Gasteiger partial charge is 0.496 e. The molecule has 0 spiro atoms. The van der Waals surface area contributed by atoms with E-state index in [0.717, 1.165) is 28.0 Å². The van der Waals surface area contributed by atoms with Gasteiger partial charge in [-0.3, -0.25) is 0 Å². The molecule has 2 N–H and O–H groups in total. The molecule has 1 atom stereocenters. The average molecular weight is 204 g/mol. The van der Waals surface area contributed by atoms with Crippen LogP contribution in [-0.4, -0.2) is 7.11 Å². The first kappa shape index (κ1) is 11.5. The highest BCUT2D eigenvalue weighted by Crippen LogP contribution is 2.30. The Morgan fingerprint density at radius 3 is 2.40 bits per heavy atom. The van der Waals surface area contributed by atoms with Crippen molar-refractivity contribution in [3.05, 3.63) is 28.3 Å². The third-order valence-corrected chi connectivity index (χ3v) is 2.74. The summed E-state index contributed by atoms with van der Waals surface area (Å²) >= 11 is 0. The Morgan fingerprint density at radius 1 is 1.33 bits per heavy atom. The number of rotatable bonds is 2. The highest BCUT2D eigenvalue weighted by molar-refractivity contribution is 5.50. The maximum absolute atomic E-state index is 8.81. The van der Waals surface area contributed by atoms with E-state index in [1.165, 1.54) is 0 Å². The summed E-state index contributed by atoms with van der Waals surface area (Å²) in [5.74, 6) is 0.876. The first-order valence-electron chi connectivity index (χ1n) is 4.82. The first-order valence-corrected chi connectivity index (χ1v) is 4.82. The quantitative estimate of drug-likeness (QED) is 0.803. The Labute approximate surface area is 90.5 Å². The second-order valence-corrected chi connectivity index (χ2v) is 3.67. The van der Waals surface area contributed by atoms with Gasteiger partial charge >= 0.3 is 0 Å². The number of methoxy groups -OCH3 is 1. The summed E-state index contributed by atoms with van der Waals surface area (Å²) < 4.78 is 5.30. The minimum atomic E-state index is -0.562. The second kappa shape index (κ2) is 4.33. The van der Waals surface area contributed by atoms with E-state index in [1.54, 1.807) is 7.11 Å². The number of hydrogen-bond acceptors (Lipinski definition) is 3. The van der Waals surface area contributed by atoms with Crippen molar-refractivity contribution in [2.75, 3.05) is 7.11 Å². The Balaban J connectivity index is 3.42. The molecule has 15 heavy (non-hydrogen) atoms. The molecule has 3 heteroatoms. The molecule has 0 heterocycles. The smallest absolute Gasteiger partial charge is 0.124 e. The van der Waals surface area contributed by atoms with E-state index < -0.39 is 6.04 Å². The zero-order valence-electron chi connectivity index (χ0n) is 9.59. The number of benzene rings is 1. The zero-order valence-corrected chi connectivity index (χ0v) is 9.59. The van der Waals surface area contributed by atoms with Gasteiger partial charge in [0.15, 0.2) is 0 Å². The minimum Gasteiger partial charge on any atom is -0.496 e. The fourth-order valence-corrected chi connectivity index (χ4v) is 1.80. The maximum atomic E-state index is 8.81. The van der Waals surface area contributed by atoms with Crippen LogP contribution in [0.1, 0.15) is 28.3 Å². The van der Waals surface area contributed by atoms with Crippen molar-refractivity contribution in [3.8, 4) is 11.8 Å². The minimum absolute atomic E-state index is 0.562. The van der Waals surface area contributed by atoms with Gasteiger partial charge in [0, 0.05) is 0 Å². The van der Waals surface area contributed by atoms with Gasteiger partial charge in [0.25, 0.3) is 0 Å². The van der Waals surface area contributed by atoms with Crippen molar-refractivity contribution in [3.63, 3.8) is 0 Å². The molecule has 0 aliphatic rings. The van der Waals surface area contributed by atoms with Gasteiger partial charge in [-0.25, -0.2) is 0 Å². The number of nitriles is 1. The van der Waals surface area contributed by atoms with Gasteiger partial charge in [-0.05, 0) is 49.1 Å². The molecular weight excluding hydrogens is 188 g/mol. The summed E-state index contributed by atoms with van der Waals surface area (Å²) in [4.78, 5) is 0. The van der Waals surface area contributed by atoms with Gasteiger partial charge in [-0.15, -0.1) is 0 Å². The summed E-state index contributed by atoms with van der Waals surface area (Å²) in [6.07, 6.45) is 0. The molecule has 1 unspecified atom stereocenters. The van der Waals surface area contributed by atoms with E-state index in [1.807, 2.05) is 26.8 Å². The molecule has 1 aromatic carbocycles. The summed E-state index contributed by atoms with van der Waals surface area (Å²) in [6.45, 7) is 5.90. The van der Waals surface area contributed by atoms with Crippen molar-refractivity contribution < 1.29 is 4.74 Å². The fraction of sp³-hybridized carbons (Fsp3) is 0.417. The molecule has 0 fully saturated rings. The van der Waals surface area contributed by atoms with Crippen LogP contribution in [0.3, 0.4) is 0 Å². The van der Waals surface area contributed by atoms with Gasteiger partial charge in [0.05, 0.1) is 13.2 Å². The molecule has 0 aromatic heterocycles. The van der Waals surface area contributed by atoms with Gasteiger partial charge in [-0.2, -0.15) is 5.26 Å². The third-order valence-electron chi connectivity index (χ3n) is 2.74. The van der Waals surface area contributed by atoms with Crippen LogP contribution in [0.15, 0.2) is 6.07 Å². The van der Waals surface area contributed by atoms with Crippen LogP contribution in [0.2, 0.25) is 0 Å². The van der Waals surface area contributed by atoms with E-state index in [0.29, 0.717) is 0 Å². The molecule has 0 saturated heterocycles. The Kier molecular flexibility index (Phi) is 3.33. The van der Waals surface area contributed by atoms with Crippen molar-refractivity contribution in [2.24, 2.45) is 5.73 Å². The van der Waals surface area contributed by atoms with Crippen molar-refractivity contribution in [1.29, 1.82) is 5.26 Å². The van der Waals surface area contributed by atoms with E-state index in [-0.39, 0.29) is 0 Å². The molecule has 0 aliphatic carbocycles. The molecule has 0 aliphatic heterocycles. The SMILES string of the molecule is COc1c(C)cc(C(N)C#N)c(C)c1C. The number of aryl methyl sites for hydroxylation is 1. The van der Waals surface area contributed by atoms with Crippen LogP contribution in [0.4, 0.5) is 0 Å². The number of nitrogens with two attached hydrogens (primary N) is 1. The lowest BCUT2D eigenvalue weighted by atomic mass is 9.95. The lowest BCUT2D eigenvalue weighted by Gasteiger charge is -2.16. The lowest BCUT2D eigenvalue weighted by Crippen LogP contribution is -2.11. The zero-order chi connectivity index (χ0) is 11.6. The van der Waals surface area contributed by atoms with Gasteiger partial charge in [0.1, 0.15) is 11.8 Å². The third kappa shape index (κ3) is 1.95. The highest BCUT2D eigenvalue weighted by Gasteiger charge is 2.14. The summed E-state index contributed by atoms with van der Waals surface area (Å²) in [5.41, 5.74) is 9.71. The fourth-order valence-electron chi connectivity index (χ4n) is 1.80. The standard InChI is InChI=1S/C12H16N2O/c1-7-5-10(11(14)6-13)8(2)9(3)12(7)15-4/h5,11H,14H2,1-4H3. The van der Waals surface area contributed by atoms with Crippen molar-refractivity contribution >= 4 is 0 Å². The van der Waals surface area contributed by atoms with E-state index in [4.69, 9.17) is 15.7 Å². The van der Waals surface area contributed by atoms with Crippen LogP contribution in [0, 0.1) is 32.1 Å². The molecule has 3 nitrogen and oxygen atoms in total. The Hall–Kier alpha value is -1.53. The summed E-state index contributed by atoms with van der Waals surface area (Å²) in [7, 11) is 1.65. The maximum Gasteiger partial charge on any atom is 0.124 e. The number of hydrogen-bond donors (Lipinski definition) is 1. The molecule has 1 aromatic rings. The molecule has 1 rings (SSSR count). The molecule has 0 amide bonds. The van der Waals surface area contributed by atoms with E-state index in [2.05, 4.69) is 6.07 Å². The predicted octanol–water partition coefficient (Wildman–Crippen LogP) is 2.14. The van der Waals surface area contributed by atoms with Crippen LogP contribution in [-0.2, 0) is 0 Å². The topological polar surface area (TPSA) is 59.0 Å². The van der Waals surface area contributed by atoms with Crippen LogP contribution in [0.25, 0.3) is 0 Å². The summed E-state index contributed by atoms with van der Waals surface area (Å²) in [6, 6.07) is 3.41. The van der Waals surface area contributed by atoms with Crippen LogP contribution in [0.5, 0.6) is 5.75 Å². The molecule has 0 saturated carbocycles. The van der Waals surface area contributed by atoms with Gasteiger partial charge < -0.3 is 10.5 Å².